The molecule has 2 rings (SSSR count). The van der Waals surface area contributed by atoms with Crippen LogP contribution in [0, 0.1) is 6.92 Å². The van der Waals surface area contributed by atoms with Crippen molar-refractivity contribution >= 4 is 27.5 Å². The number of carbonyl (C=O) groups is 1. The lowest BCUT2D eigenvalue weighted by Gasteiger charge is -2.23. The number of hydrogen-bond acceptors (Lipinski definition) is 3. The number of aliphatic carboxylic acids is 1. The first-order valence-electron chi connectivity index (χ1n) is 5.48. The zero-order chi connectivity index (χ0) is 12.6. The summed E-state index contributed by atoms with van der Waals surface area (Å²) in [4.78, 5) is 15.4. The topological polar surface area (TPSA) is 50.2 Å². The third-order valence-electron chi connectivity index (χ3n) is 2.85. The van der Waals surface area contributed by atoms with Crippen LogP contribution in [0.25, 0.3) is 10.2 Å². The fourth-order valence-corrected chi connectivity index (χ4v) is 2.93. The summed E-state index contributed by atoms with van der Waals surface area (Å²) in [6.45, 7) is 5.87. The van der Waals surface area contributed by atoms with Crippen molar-refractivity contribution in [2.45, 2.75) is 32.6 Å². The Labute approximate surface area is 104 Å². The van der Waals surface area contributed by atoms with Crippen molar-refractivity contribution in [3.63, 3.8) is 0 Å². The van der Waals surface area contributed by atoms with Crippen LogP contribution in [-0.2, 0) is 10.2 Å². The molecule has 0 bridgehead atoms. The zero-order valence-electron chi connectivity index (χ0n) is 10.2. The molecular weight excluding hydrogens is 234 g/mol. The van der Waals surface area contributed by atoms with E-state index in [2.05, 4.69) is 4.98 Å². The van der Waals surface area contributed by atoms with E-state index in [0.29, 0.717) is 0 Å². The molecule has 0 spiro atoms. The molecule has 1 N–H and O–H groups in total. The Morgan fingerprint density at radius 3 is 2.82 bits per heavy atom. The van der Waals surface area contributed by atoms with Crippen molar-refractivity contribution in [1.29, 1.82) is 0 Å². The highest BCUT2D eigenvalue weighted by Crippen LogP contribution is 2.34. The summed E-state index contributed by atoms with van der Waals surface area (Å²) in [5.74, 6) is -0.779. The van der Waals surface area contributed by atoms with Gasteiger partial charge in [-0.1, -0.05) is 26.0 Å². The Kier molecular flexibility index (Phi) is 2.91. The van der Waals surface area contributed by atoms with E-state index in [1.54, 1.807) is 11.3 Å². The Bertz CT molecular complexity index is 572. The summed E-state index contributed by atoms with van der Waals surface area (Å²) in [5, 5.41) is 9.98. The minimum absolute atomic E-state index is 0.114. The molecule has 0 aliphatic heterocycles. The van der Waals surface area contributed by atoms with E-state index in [1.807, 2.05) is 39.0 Å². The number of benzene rings is 1. The van der Waals surface area contributed by atoms with E-state index < -0.39 is 11.4 Å². The quantitative estimate of drug-likeness (QED) is 0.907. The molecular formula is C13H15NO2S. The van der Waals surface area contributed by atoms with Crippen LogP contribution in [0.4, 0.5) is 0 Å². The lowest BCUT2D eigenvalue weighted by atomic mass is 9.81. The second kappa shape index (κ2) is 4.11. The standard InChI is InChI=1S/C13H15NO2S/c1-8-14-12-9(5-4-6-10(12)17-8)13(2,3)7-11(15)16/h4-6H,7H2,1-3H3,(H,15,16). The van der Waals surface area contributed by atoms with Gasteiger partial charge in [0.25, 0.3) is 0 Å². The molecule has 1 aromatic carbocycles. The summed E-state index contributed by atoms with van der Waals surface area (Å²) in [5.41, 5.74) is 1.56. The van der Waals surface area contributed by atoms with Crippen molar-refractivity contribution in [2.24, 2.45) is 0 Å². The normalized spacial score (nSPS) is 11.9. The second-order valence-corrected chi connectivity index (χ2v) is 6.07. The van der Waals surface area contributed by atoms with E-state index in [1.165, 1.54) is 0 Å². The average molecular weight is 249 g/mol. The first-order valence-corrected chi connectivity index (χ1v) is 6.30. The highest BCUT2D eigenvalue weighted by Gasteiger charge is 2.27. The molecule has 90 valence electrons. The predicted octanol–water partition coefficient (Wildman–Crippen LogP) is 3.36. The van der Waals surface area contributed by atoms with Crippen LogP contribution in [0.2, 0.25) is 0 Å². The molecule has 0 fully saturated rings. The monoisotopic (exact) mass is 249 g/mol. The van der Waals surface area contributed by atoms with Gasteiger partial charge in [0, 0.05) is 5.41 Å². The molecule has 0 saturated carbocycles. The highest BCUT2D eigenvalue weighted by molar-refractivity contribution is 7.18. The Hall–Kier alpha value is -1.42. The molecule has 0 amide bonds. The number of para-hydroxylation sites is 1. The summed E-state index contributed by atoms with van der Waals surface area (Å²) >= 11 is 1.64. The number of thiazole rings is 1. The summed E-state index contributed by atoms with van der Waals surface area (Å²) < 4.78 is 1.12. The molecule has 0 aliphatic rings. The predicted molar refractivity (Wildman–Crippen MR) is 69.6 cm³/mol. The highest BCUT2D eigenvalue weighted by atomic mass is 32.1. The molecule has 0 atom stereocenters. The Balaban J connectivity index is 2.57. The summed E-state index contributed by atoms with van der Waals surface area (Å²) in [6.07, 6.45) is 0.114. The van der Waals surface area contributed by atoms with Crippen molar-refractivity contribution in [3.8, 4) is 0 Å². The molecule has 0 unspecified atom stereocenters. The summed E-state index contributed by atoms with van der Waals surface area (Å²) in [7, 11) is 0. The van der Waals surface area contributed by atoms with E-state index in [-0.39, 0.29) is 6.42 Å². The SMILES string of the molecule is Cc1nc2c(C(C)(C)CC(=O)O)cccc2s1. The first kappa shape index (κ1) is 12.0. The van der Waals surface area contributed by atoms with Gasteiger partial charge in [-0.3, -0.25) is 4.79 Å². The molecule has 0 saturated heterocycles. The first-order chi connectivity index (χ1) is 7.90. The van der Waals surface area contributed by atoms with Gasteiger partial charge in [-0.15, -0.1) is 11.3 Å². The lowest BCUT2D eigenvalue weighted by Crippen LogP contribution is -2.22. The van der Waals surface area contributed by atoms with Gasteiger partial charge in [0.1, 0.15) is 0 Å². The van der Waals surface area contributed by atoms with Gasteiger partial charge >= 0.3 is 5.97 Å². The molecule has 4 heteroatoms. The van der Waals surface area contributed by atoms with Gasteiger partial charge < -0.3 is 5.11 Å². The molecule has 17 heavy (non-hydrogen) atoms. The van der Waals surface area contributed by atoms with Crippen LogP contribution >= 0.6 is 11.3 Å². The third kappa shape index (κ3) is 2.31. The van der Waals surface area contributed by atoms with Crippen molar-refractivity contribution in [2.75, 3.05) is 0 Å². The lowest BCUT2D eigenvalue weighted by molar-refractivity contribution is -0.138. The number of aryl methyl sites for hydroxylation is 1. The van der Waals surface area contributed by atoms with Gasteiger partial charge in [0.15, 0.2) is 0 Å². The maximum absolute atomic E-state index is 10.9. The number of aromatic nitrogens is 1. The van der Waals surface area contributed by atoms with Crippen LogP contribution in [0.1, 0.15) is 30.8 Å². The largest absolute Gasteiger partial charge is 0.481 e. The van der Waals surface area contributed by atoms with Crippen LogP contribution in [0.5, 0.6) is 0 Å². The minimum Gasteiger partial charge on any atom is -0.481 e. The Morgan fingerprint density at radius 2 is 2.18 bits per heavy atom. The number of rotatable bonds is 3. The van der Waals surface area contributed by atoms with E-state index in [4.69, 9.17) is 5.11 Å². The van der Waals surface area contributed by atoms with Gasteiger partial charge in [0.05, 0.1) is 21.6 Å². The molecule has 0 aliphatic carbocycles. The van der Waals surface area contributed by atoms with Crippen molar-refractivity contribution < 1.29 is 9.90 Å². The second-order valence-electron chi connectivity index (χ2n) is 4.84. The van der Waals surface area contributed by atoms with Crippen LogP contribution in [0.3, 0.4) is 0 Å². The van der Waals surface area contributed by atoms with Gasteiger partial charge in [0.2, 0.25) is 0 Å². The molecule has 0 radical (unpaired) electrons. The molecule has 3 nitrogen and oxygen atoms in total. The van der Waals surface area contributed by atoms with E-state index in [0.717, 1.165) is 20.8 Å². The van der Waals surface area contributed by atoms with Crippen LogP contribution in [0.15, 0.2) is 18.2 Å². The van der Waals surface area contributed by atoms with E-state index >= 15 is 0 Å². The third-order valence-corrected chi connectivity index (χ3v) is 3.78. The average Bonchev–Trinajstić information content (AvgIpc) is 2.54. The molecule has 2 aromatic rings. The number of fused-ring (bicyclic) bond motifs is 1. The fourth-order valence-electron chi connectivity index (χ4n) is 2.08. The Morgan fingerprint density at radius 1 is 1.47 bits per heavy atom. The number of nitrogens with zero attached hydrogens (tertiary/aromatic N) is 1. The smallest absolute Gasteiger partial charge is 0.304 e. The fraction of sp³-hybridized carbons (Fsp3) is 0.385. The zero-order valence-corrected chi connectivity index (χ0v) is 11.0. The van der Waals surface area contributed by atoms with Crippen LogP contribution < -0.4 is 0 Å². The number of carboxylic acid groups (broad SMARTS) is 1. The maximum Gasteiger partial charge on any atom is 0.304 e. The number of hydrogen-bond donors (Lipinski definition) is 1. The molecule has 1 heterocycles. The van der Waals surface area contributed by atoms with Crippen LogP contribution in [-0.4, -0.2) is 16.1 Å². The summed E-state index contributed by atoms with van der Waals surface area (Å²) in [6, 6.07) is 5.98. The van der Waals surface area contributed by atoms with Crippen molar-refractivity contribution in [3.05, 3.63) is 28.8 Å². The number of carboxylic acids is 1. The minimum atomic E-state index is -0.779. The van der Waals surface area contributed by atoms with Gasteiger partial charge in [-0.2, -0.15) is 0 Å². The maximum atomic E-state index is 10.9. The van der Waals surface area contributed by atoms with E-state index in [9.17, 15) is 4.79 Å². The van der Waals surface area contributed by atoms with Crippen molar-refractivity contribution in [1.82, 2.24) is 4.98 Å². The van der Waals surface area contributed by atoms with Gasteiger partial charge in [-0.05, 0) is 18.6 Å². The van der Waals surface area contributed by atoms with Gasteiger partial charge in [-0.25, -0.2) is 4.98 Å². The molecule has 1 aromatic heterocycles.